The number of aromatic nitrogens is 1. The molecule has 0 unspecified atom stereocenters. The molecular weight excluding hydrogens is 584 g/mol. The van der Waals surface area contributed by atoms with Gasteiger partial charge in [-0.1, -0.05) is 29.0 Å². The zero-order valence-electron chi connectivity index (χ0n) is 20.6. The molecule has 1 amide bonds. The van der Waals surface area contributed by atoms with Crippen LogP contribution >= 0.6 is 35.3 Å². The van der Waals surface area contributed by atoms with E-state index in [1.165, 1.54) is 18.2 Å². The molecule has 1 aromatic heterocycles. The highest BCUT2D eigenvalue weighted by Gasteiger charge is 2.20. The summed E-state index contributed by atoms with van der Waals surface area (Å²) in [5.74, 6) is -0.817. The molecule has 1 fully saturated rings. The Morgan fingerprint density at radius 3 is 2.51 bits per heavy atom. The summed E-state index contributed by atoms with van der Waals surface area (Å²) in [5.41, 5.74) is 1.53. The van der Waals surface area contributed by atoms with Crippen LogP contribution in [0.5, 0.6) is 0 Å². The summed E-state index contributed by atoms with van der Waals surface area (Å²) in [4.78, 5) is 21.9. The lowest BCUT2D eigenvalue weighted by molar-refractivity contribution is 0.0948. The molecule has 0 saturated carbocycles. The van der Waals surface area contributed by atoms with Crippen molar-refractivity contribution in [3.05, 3.63) is 83.1 Å². The third kappa shape index (κ3) is 7.17. The van der Waals surface area contributed by atoms with Gasteiger partial charge in [0.05, 0.1) is 15.1 Å². The van der Waals surface area contributed by atoms with E-state index < -0.39 is 15.8 Å². The van der Waals surface area contributed by atoms with Crippen LogP contribution < -0.4 is 14.9 Å². The number of hydrogen-bond acceptors (Lipinski definition) is 7. The average Bonchev–Trinajstić information content (AvgIpc) is 3.32. The molecule has 0 atom stereocenters. The zero-order valence-corrected chi connectivity index (χ0v) is 23.8. The van der Waals surface area contributed by atoms with Crippen LogP contribution in [0.25, 0.3) is 10.2 Å². The van der Waals surface area contributed by atoms with E-state index in [1.807, 2.05) is 18.2 Å². The van der Waals surface area contributed by atoms with E-state index in [4.69, 9.17) is 16.6 Å². The fourth-order valence-electron chi connectivity index (χ4n) is 4.17. The maximum Gasteiger partial charge on any atom is 0.261 e. The van der Waals surface area contributed by atoms with Crippen molar-refractivity contribution in [2.24, 2.45) is 0 Å². The van der Waals surface area contributed by atoms with Crippen LogP contribution in [-0.4, -0.2) is 63.5 Å². The Morgan fingerprint density at radius 1 is 1.03 bits per heavy atom. The summed E-state index contributed by atoms with van der Waals surface area (Å²) in [6, 6.07) is 16.5. The Morgan fingerprint density at radius 2 is 1.77 bits per heavy atom. The Kier molecular flexibility index (Phi) is 9.29. The number of nitrogens with one attached hydrogen (secondary N) is 2. The molecule has 8 nitrogen and oxygen atoms in total. The average molecular weight is 611 g/mol. The normalized spacial score (nSPS) is 14.2. The molecule has 1 aliphatic rings. The highest BCUT2D eigenvalue weighted by molar-refractivity contribution is 7.92. The number of fused-ring (bicyclic) bond motifs is 1. The van der Waals surface area contributed by atoms with Gasteiger partial charge in [0.25, 0.3) is 15.9 Å². The van der Waals surface area contributed by atoms with E-state index in [-0.39, 0.29) is 28.9 Å². The van der Waals surface area contributed by atoms with E-state index >= 15 is 0 Å². The molecule has 1 saturated heterocycles. The molecule has 4 aromatic rings. The second-order valence-corrected chi connectivity index (χ2v) is 12.0. The quantitative estimate of drug-likeness (QED) is 0.296. The number of carbonyl (C=O) groups excluding carboxylic acids is 1. The van der Waals surface area contributed by atoms with Crippen molar-refractivity contribution in [2.45, 2.75) is 4.90 Å². The van der Waals surface area contributed by atoms with E-state index in [0.29, 0.717) is 23.7 Å². The van der Waals surface area contributed by atoms with Gasteiger partial charge in [-0.15, -0.1) is 12.4 Å². The van der Waals surface area contributed by atoms with Crippen LogP contribution in [0.4, 0.5) is 15.2 Å². The lowest BCUT2D eigenvalue weighted by atomic mass is 10.2. The molecule has 2 N–H and O–H groups in total. The van der Waals surface area contributed by atoms with Crippen molar-refractivity contribution in [1.82, 2.24) is 15.2 Å². The van der Waals surface area contributed by atoms with Gasteiger partial charge in [-0.05, 0) is 60.7 Å². The number of piperazine rings is 1. The summed E-state index contributed by atoms with van der Waals surface area (Å²) < 4.78 is 41.8. The predicted octanol–water partition coefficient (Wildman–Crippen LogP) is 4.86. The lowest BCUT2D eigenvalue weighted by Crippen LogP contribution is -2.48. The number of hydrogen-bond donors (Lipinski definition) is 2. The zero-order chi connectivity index (χ0) is 26.7. The van der Waals surface area contributed by atoms with Crippen molar-refractivity contribution in [3.63, 3.8) is 0 Å². The number of sulfonamides is 1. The number of carbonyl (C=O) groups is 1. The number of rotatable bonds is 8. The monoisotopic (exact) mass is 609 g/mol. The van der Waals surface area contributed by atoms with Crippen molar-refractivity contribution in [2.75, 3.05) is 48.9 Å². The minimum Gasteiger partial charge on any atom is -0.351 e. The van der Waals surface area contributed by atoms with Crippen LogP contribution in [-0.2, 0) is 10.0 Å². The Labute approximate surface area is 241 Å². The van der Waals surface area contributed by atoms with E-state index in [9.17, 15) is 17.6 Å². The number of nitrogens with zero attached hydrogens (tertiary/aromatic N) is 3. The first-order chi connectivity index (χ1) is 18.3. The van der Waals surface area contributed by atoms with Gasteiger partial charge in [0.15, 0.2) is 5.13 Å². The minimum atomic E-state index is -3.91. The van der Waals surface area contributed by atoms with E-state index in [2.05, 4.69) is 19.8 Å². The highest BCUT2D eigenvalue weighted by Crippen LogP contribution is 2.31. The van der Waals surface area contributed by atoms with Crippen molar-refractivity contribution < 1.29 is 17.6 Å². The van der Waals surface area contributed by atoms with Crippen molar-refractivity contribution in [1.29, 1.82) is 0 Å². The number of anilines is 2. The lowest BCUT2D eigenvalue weighted by Gasteiger charge is -2.34. The summed E-state index contributed by atoms with van der Waals surface area (Å²) in [7, 11) is -3.91. The molecule has 5 rings (SSSR count). The van der Waals surface area contributed by atoms with Crippen LogP contribution in [0.3, 0.4) is 0 Å². The van der Waals surface area contributed by atoms with Gasteiger partial charge < -0.3 is 10.2 Å². The number of halogens is 3. The summed E-state index contributed by atoms with van der Waals surface area (Å²) in [5, 5.41) is 4.60. The van der Waals surface area contributed by atoms with Gasteiger partial charge in [0.2, 0.25) is 0 Å². The number of benzene rings is 3. The van der Waals surface area contributed by atoms with Gasteiger partial charge in [0.1, 0.15) is 5.82 Å². The van der Waals surface area contributed by atoms with E-state index in [0.717, 1.165) is 53.7 Å². The van der Waals surface area contributed by atoms with Gasteiger partial charge in [-0.3, -0.25) is 14.4 Å². The molecule has 0 radical (unpaired) electrons. The SMILES string of the molecule is Cl.O=C(NCCN1CCN(c2nc3ccc(Cl)cc3s2)CC1)c1cccc(NS(=O)(=O)c2ccc(F)cc2)c1. The second-order valence-electron chi connectivity index (χ2n) is 8.83. The Bertz CT molecular complexity index is 1560. The summed E-state index contributed by atoms with van der Waals surface area (Å²) in [6.45, 7) is 4.56. The predicted molar refractivity (Wildman–Crippen MR) is 157 cm³/mol. The fourth-order valence-corrected chi connectivity index (χ4v) is 6.51. The number of thiazole rings is 1. The van der Waals surface area contributed by atoms with Crippen LogP contribution in [0.1, 0.15) is 10.4 Å². The second kappa shape index (κ2) is 12.5. The third-order valence-corrected chi connectivity index (χ3v) is 8.91. The van der Waals surface area contributed by atoms with Gasteiger partial charge in [-0.25, -0.2) is 17.8 Å². The fraction of sp³-hybridized carbons (Fsp3) is 0.231. The first kappa shape index (κ1) is 29.0. The molecule has 13 heteroatoms. The molecule has 39 heavy (non-hydrogen) atoms. The largest absolute Gasteiger partial charge is 0.351 e. The van der Waals surface area contributed by atoms with Gasteiger partial charge >= 0.3 is 0 Å². The maximum absolute atomic E-state index is 13.1. The molecule has 0 bridgehead atoms. The third-order valence-electron chi connectivity index (χ3n) is 6.20. The van der Waals surface area contributed by atoms with Gasteiger partial charge in [0, 0.05) is 55.5 Å². The van der Waals surface area contributed by atoms with E-state index in [1.54, 1.807) is 29.5 Å². The maximum atomic E-state index is 13.1. The summed E-state index contributed by atoms with van der Waals surface area (Å²) >= 11 is 7.73. The Hall–Kier alpha value is -2.96. The number of amides is 1. The molecule has 206 valence electrons. The summed E-state index contributed by atoms with van der Waals surface area (Å²) in [6.07, 6.45) is 0. The smallest absolute Gasteiger partial charge is 0.261 e. The first-order valence-electron chi connectivity index (χ1n) is 12.0. The topological polar surface area (TPSA) is 94.6 Å². The van der Waals surface area contributed by atoms with Crippen LogP contribution in [0, 0.1) is 5.82 Å². The minimum absolute atomic E-state index is 0. The van der Waals surface area contributed by atoms with Crippen LogP contribution in [0.15, 0.2) is 71.6 Å². The molecule has 0 spiro atoms. The van der Waals surface area contributed by atoms with Crippen molar-refractivity contribution >= 4 is 72.3 Å². The molecule has 1 aliphatic heterocycles. The Balaban J connectivity index is 0.00000353. The molecular formula is C26H26Cl2FN5O3S2. The molecule has 2 heterocycles. The highest BCUT2D eigenvalue weighted by atomic mass is 35.5. The van der Waals surface area contributed by atoms with Crippen LogP contribution in [0.2, 0.25) is 5.02 Å². The van der Waals surface area contributed by atoms with Gasteiger partial charge in [-0.2, -0.15) is 0 Å². The molecule has 0 aliphatic carbocycles. The standard InChI is InChI=1S/C26H25ClFN5O3S2.ClH/c27-19-4-9-23-24(17-19)37-26(30-23)33-14-12-32(13-15-33)11-10-29-25(34)18-2-1-3-21(16-18)31-38(35,36)22-7-5-20(28)6-8-22;/h1-9,16-17,31H,10-15H2,(H,29,34);1H. The van der Waals surface area contributed by atoms with Crippen molar-refractivity contribution in [3.8, 4) is 0 Å². The first-order valence-corrected chi connectivity index (χ1v) is 14.6. The molecule has 3 aromatic carbocycles.